The summed E-state index contributed by atoms with van der Waals surface area (Å²) in [4.78, 5) is 11.8. The molecule has 0 saturated carbocycles. The molecule has 1 aromatic carbocycles. The Kier molecular flexibility index (Phi) is 5.06. The average molecular weight is 313 g/mol. The second-order valence-electron chi connectivity index (χ2n) is 4.84. The van der Waals surface area contributed by atoms with Crippen molar-refractivity contribution in [3.63, 3.8) is 0 Å². The van der Waals surface area contributed by atoms with Crippen LogP contribution in [0.5, 0.6) is 11.5 Å². The van der Waals surface area contributed by atoms with Crippen molar-refractivity contribution in [3.8, 4) is 11.5 Å². The minimum atomic E-state index is -3.00. The summed E-state index contributed by atoms with van der Waals surface area (Å²) >= 11 is 0. The van der Waals surface area contributed by atoms with Crippen LogP contribution < -0.4 is 14.8 Å². The molecule has 1 fully saturated rings. The van der Waals surface area contributed by atoms with Crippen LogP contribution in [0.15, 0.2) is 24.3 Å². The van der Waals surface area contributed by atoms with Crippen molar-refractivity contribution in [2.24, 2.45) is 0 Å². The molecule has 0 unspecified atom stereocenters. The number of benzene rings is 1. The van der Waals surface area contributed by atoms with Gasteiger partial charge in [-0.1, -0.05) is 12.1 Å². The van der Waals surface area contributed by atoms with Crippen molar-refractivity contribution in [3.05, 3.63) is 24.3 Å². The molecular formula is C14H19NO5S. The number of sulfone groups is 1. The lowest BCUT2D eigenvalue weighted by molar-refractivity contribution is -0.123. The van der Waals surface area contributed by atoms with Gasteiger partial charge in [0.25, 0.3) is 5.91 Å². The summed E-state index contributed by atoms with van der Waals surface area (Å²) < 4.78 is 33.5. The van der Waals surface area contributed by atoms with Gasteiger partial charge in [-0.25, -0.2) is 8.42 Å². The topological polar surface area (TPSA) is 81.7 Å². The molecule has 1 amide bonds. The summed E-state index contributed by atoms with van der Waals surface area (Å²) in [6.07, 6.45) is 0.462. The molecule has 116 valence electrons. The number of amides is 1. The van der Waals surface area contributed by atoms with Crippen LogP contribution in [0.2, 0.25) is 0 Å². The smallest absolute Gasteiger partial charge is 0.258 e. The highest BCUT2D eigenvalue weighted by Gasteiger charge is 2.28. The third-order valence-electron chi connectivity index (χ3n) is 3.11. The molecule has 2 rings (SSSR count). The average Bonchev–Trinajstić information content (AvgIpc) is 2.77. The van der Waals surface area contributed by atoms with Crippen molar-refractivity contribution in [1.29, 1.82) is 0 Å². The van der Waals surface area contributed by atoms with E-state index in [4.69, 9.17) is 9.47 Å². The van der Waals surface area contributed by atoms with Crippen LogP contribution in [0.25, 0.3) is 0 Å². The fourth-order valence-corrected chi connectivity index (χ4v) is 3.84. The highest BCUT2D eigenvalue weighted by molar-refractivity contribution is 7.91. The Morgan fingerprint density at radius 3 is 2.52 bits per heavy atom. The predicted molar refractivity (Wildman–Crippen MR) is 78.3 cm³/mol. The van der Waals surface area contributed by atoms with Crippen molar-refractivity contribution in [1.82, 2.24) is 5.32 Å². The fourth-order valence-electron chi connectivity index (χ4n) is 2.17. The number of hydrogen-bond acceptors (Lipinski definition) is 5. The van der Waals surface area contributed by atoms with E-state index in [2.05, 4.69) is 5.32 Å². The highest BCUT2D eigenvalue weighted by atomic mass is 32.2. The van der Waals surface area contributed by atoms with Crippen molar-refractivity contribution in [2.45, 2.75) is 19.4 Å². The zero-order chi connectivity index (χ0) is 15.3. The molecule has 6 nitrogen and oxygen atoms in total. The molecule has 1 aliphatic rings. The van der Waals surface area contributed by atoms with Crippen molar-refractivity contribution < 1.29 is 22.7 Å². The summed E-state index contributed by atoms with van der Waals surface area (Å²) in [6, 6.07) is 6.78. The molecule has 1 N–H and O–H groups in total. The number of carbonyl (C=O) groups excluding carboxylic acids is 1. The Morgan fingerprint density at radius 1 is 1.29 bits per heavy atom. The lowest BCUT2D eigenvalue weighted by Crippen LogP contribution is -2.38. The molecule has 0 spiro atoms. The van der Waals surface area contributed by atoms with Gasteiger partial charge in [0.2, 0.25) is 0 Å². The van der Waals surface area contributed by atoms with E-state index in [1.54, 1.807) is 18.2 Å². The van der Waals surface area contributed by atoms with Crippen LogP contribution >= 0.6 is 0 Å². The van der Waals surface area contributed by atoms with Gasteiger partial charge in [-0.15, -0.1) is 0 Å². The standard InChI is InChI=1S/C14H19NO5S/c1-2-19-12-5-3-4-6-13(12)20-9-14(16)15-11-7-8-21(17,18)10-11/h3-6,11H,2,7-10H2,1H3,(H,15,16)/t11-/m0/s1. The quantitative estimate of drug-likeness (QED) is 0.839. The van der Waals surface area contributed by atoms with E-state index >= 15 is 0 Å². The third-order valence-corrected chi connectivity index (χ3v) is 4.87. The van der Waals surface area contributed by atoms with E-state index in [9.17, 15) is 13.2 Å². The van der Waals surface area contributed by atoms with E-state index in [0.717, 1.165) is 0 Å². The van der Waals surface area contributed by atoms with Crippen LogP contribution in [0, 0.1) is 0 Å². The van der Waals surface area contributed by atoms with Gasteiger partial charge in [-0.2, -0.15) is 0 Å². The molecule has 21 heavy (non-hydrogen) atoms. The van der Waals surface area contributed by atoms with Gasteiger partial charge in [0.15, 0.2) is 27.9 Å². The minimum absolute atomic E-state index is 0.00821. The lowest BCUT2D eigenvalue weighted by atomic mass is 10.2. The molecule has 0 aliphatic carbocycles. The first-order chi connectivity index (χ1) is 10.00. The summed E-state index contributed by atoms with van der Waals surface area (Å²) in [5, 5.41) is 2.67. The Hall–Kier alpha value is -1.76. The number of nitrogens with one attached hydrogen (secondary N) is 1. The molecule has 1 heterocycles. The second-order valence-corrected chi connectivity index (χ2v) is 7.06. The number of hydrogen-bond donors (Lipinski definition) is 1. The van der Waals surface area contributed by atoms with Gasteiger partial charge in [-0.3, -0.25) is 4.79 Å². The highest BCUT2D eigenvalue weighted by Crippen LogP contribution is 2.26. The molecule has 7 heteroatoms. The Bertz CT molecular complexity index is 599. The van der Waals surface area contributed by atoms with E-state index in [1.165, 1.54) is 0 Å². The summed E-state index contributed by atoms with van der Waals surface area (Å²) in [6.45, 7) is 2.21. The number of carbonyl (C=O) groups is 1. The first kappa shape index (κ1) is 15.6. The first-order valence-corrected chi connectivity index (χ1v) is 8.66. The van der Waals surface area contributed by atoms with Crippen LogP contribution in [-0.4, -0.2) is 45.1 Å². The number of rotatable bonds is 6. The molecule has 0 bridgehead atoms. The first-order valence-electron chi connectivity index (χ1n) is 6.84. The Labute approximate surface area is 124 Å². The van der Waals surface area contributed by atoms with Crippen molar-refractivity contribution in [2.75, 3.05) is 24.7 Å². The SMILES string of the molecule is CCOc1ccccc1OCC(=O)N[C@H]1CCS(=O)(=O)C1. The van der Waals surface area contributed by atoms with E-state index in [-0.39, 0.29) is 30.1 Å². The summed E-state index contributed by atoms with van der Waals surface area (Å²) in [5.41, 5.74) is 0. The van der Waals surface area contributed by atoms with Gasteiger partial charge < -0.3 is 14.8 Å². The van der Waals surface area contributed by atoms with E-state index < -0.39 is 9.84 Å². The molecule has 1 atom stereocenters. The van der Waals surface area contributed by atoms with Gasteiger partial charge in [0, 0.05) is 6.04 Å². The van der Waals surface area contributed by atoms with Crippen LogP contribution in [0.3, 0.4) is 0 Å². The van der Waals surface area contributed by atoms with Crippen LogP contribution in [0.4, 0.5) is 0 Å². The molecule has 1 aliphatic heterocycles. The third kappa shape index (κ3) is 4.63. The lowest BCUT2D eigenvalue weighted by Gasteiger charge is -2.13. The minimum Gasteiger partial charge on any atom is -0.490 e. The molecule has 1 saturated heterocycles. The Morgan fingerprint density at radius 2 is 1.95 bits per heavy atom. The number of ether oxygens (including phenoxy) is 2. The van der Waals surface area contributed by atoms with Crippen molar-refractivity contribution >= 4 is 15.7 Å². The fraction of sp³-hybridized carbons (Fsp3) is 0.500. The zero-order valence-electron chi connectivity index (χ0n) is 11.9. The Balaban J connectivity index is 1.84. The van der Waals surface area contributed by atoms with Crippen LogP contribution in [0.1, 0.15) is 13.3 Å². The molecule has 0 radical (unpaired) electrons. The second kappa shape index (κ2) is 6.80. The maximum absolute atomic E-state index is 11.8. The van der Waals surface area contributed by atoms with E-state index in [1.807, 2.05) is 13.0 Å². The molecular weight excluding hydrogens is 294 g/mol. The van der Waals surface area contributed by atoms with Gasteiger partial charge in [0.05, 0.1) is 18.1 Å². The predicted octanol–water partition coefficient (Wildman–Crippen LogP) is 0.767. The maximum Gasteiger partial charge on any atom is 0.258 e. The molecule has 0 aromatic heterocycles. The van der Waals surface area contributed by atoms with E-state index in [0.29, 0.717) is 24.5 Å². The van der Waals surface area contributed by atoms with Crippen LogP contribution in [-0.2, 0) is 14.6 Å². The van der Waals surface area contributed by atoms with Gasteiger partial charge in [-0.05, 0) is 25.5 Å². The summed E-state index contributed by atoms with van der Waals surface area (Å²) in [7, 11) is -3.00. The van der Waals surface area contributed by atoms with Gasteiger partial charge in [0.1, 0.15) is 0 Å². The summed E-state index contributed by atoms with van der Waals surface area (Å²) in [5.74, 6) is 0.883. The molecule has 1 aromatic rings. The largest absolute Gasteiger partial charge is 0.490 e. The maximum atomic E-state index is 11.8. The zero-order valence-corrected chi connectivity index (χ0v) is 12.7. The van der Waals surface area contributed by atoms with Gasteiger partial charge >= 0.3 is 0 Å². The monoisotopic (exact) mass is 313 g/mol. The normalized spacial score (nSPS) is 20.0. The number of para-hydroxylation sites is 2.